The number of aliphatic imine (C=N–C) groups is 2. The summed E-state index contributed by atoms with van der Waals surface area (Å²) in [7, 11) is 0. The highest BCUT2D eigenvalue weighted by Crippen LogP contribution is 2.57. The van der Waals surface area contributed by atoms with E-state index in [1.807, 2.05) is 18.2 Å². The molecule has 3 atom stereocenters. The largest absolute Gasteiger partial charge is 0.313 e. The van der Waals surface area contributed by atoms with Crippen molar-refractivity contribution in [2.45, 2.75) is 37.3 Å². The van der Waals surface area contributed by atoms with Gasteiger partial charge in [0, 0.05) is 17.5 Å². The van der Waals surface area contributed by atoms with E-state index in [0.717, 1.165) is 23.5 Å². The maximum Gasteiger partial charge on any atom is 0.140 e. The van der Waals surface area contributed by atoms with Crippen molar-refractivity contribution in [2.75, 3.05) is 0 Å². The molecule has 0 saturated heterocycles. The van der Waals surface area contributed by atoms with Crippen molar-refractivity contribution in [3.8, 4) is 0 Å². The predicted octanol–water partition coefficient (Wildman–Crippen LogP) is 7.69. The van der Waals surface area contributed by atoms with Gasteiger partial charge in [-0.2, -0.15) is 0 Å². The third kappa shape index (κ3) is 3.42. The van der Waals surface area contributed by atoms with E-state index in [9.17, 15) is 0 Å². The molecule has 1 spiro atoms. The van der Waals surface area contributed by atoms with E-state index in [0.29, 0.717) is 11.8 Å². The second kappa shape index (κ2) is 8.60. The maximum atomic E-state index is 5.57. The summed E-state index contributed by atoms with van der Waals surface area (Å²) in [6.45, 7) is 0. The van der Waals surface area contributed by atoms with Crippen LogP contribution in [-0.2, 0) is 0 Å². The van der Waals surface area contributed by atoms with Gasteiger partial charge in [0.05, 0.1) is 22.8 Å². The van der Waals surface area contributed by atoms with Gasteiger partial charge >= 0.3 is 0 Å². The monoisotopic (exact) mass is 467 g/mol. The molecule has 3 aromatic rings. The summed E-state index contributed by atoms with van der Waals surface area (Å²) in [5.41, 5.74) is 7.86. The van der Waals surface area contributed by atoms with Crippen molar-refractivity contribution in [3.63, 3.8) is 0 Å². The van der Waals surface area contributed by atoms with Gasteiger partial charge in [0.25, 0.3) is 0 Å². The van der Waals surface area contributed by atoms with Crippen LogP contribution in [-0.4, -0.2) is 22.0 Å². The van der Waals surface area contributed by atoms with Crippen LogP contribution in [0.1, 0.15) is 42.7 Å². The fourth-order valence-corrected chi connectivity index (χ4v) is 6.56. The van der Waals surface area contributed by atoms with Gasteiger partial charge in [-0.1, -0.05) is 91.4 Å². The minimum Gasteiger partial charge on any atom is -0.313 e. The predicted molar refractivity (Wildman–Crippen MR) is 148 cm³/mol. The Morgan fingerprint density at radius 1 is 0.778 bits per heavy atom. The van der Waals surface area contributed by atoms with Gasteiger partial charge in [0.15, 0.2) is 0 Å². The number of allylic oxidation sites excluding steroid dienone is 4. The Bertz CT molecular complexity index is 1430. The van der Waals surface area contributed by atoms with E-state index in [1.54, 1.807) is 0 Å². The smallest absolute Gasteiger partial charge is 0.140 e. The van der Waals surface area contributed by atoms with Gasteiger partial charge in [-0.25, -0.2) is 4.99 Å². The lowest BCUT2D eigenvalue weighted by atomic mass is 9.66. The van der Waals surface area contributed by atoms with Crippen LogP contribution in [0.2, 0.25) is 0 Å². The molecule has 36 heavy (non-hydrogen) atoms. The van der Waals surface area contributed by atoms with Crippen LogP contribution < -0.4 is 0 Å². The number of nitrogens with zero attached hydrogens (tertiary/aromatic N) is 3. The first kappa shape index (κ1) is 21.3. The fourth-order valence-electron chi connectivity index (χ4n) is 6.56. The molecule has 0 N–H and O–H groups in total. The molecule has 0 radical (unpaired) electrons. The summed E-state index contributed by atoms with van der Waals surface area (Å²) in [6, 6.07) is 32.1. The van der Waals surface area contributed by atoms with Crippen molar-refractivity contribution < 1.29 is 0 Å². The van der Waals surface area contributed by atoms with Crippen LogP contribution in [0.3, 0.4) is 0 Å². The number of benzene rings is 3. The van der Waals surface area contributed by atoms with Gasteiger partial charge < -0.3 is 4.90 Å². The average molecular weight is 468 g/mol. The van der Waals surface area contributed by atoms with Crippen molar-refractivity contribution in [1.29, 1.82) is 0 Å². The van der Waals surface area contributed by atoms with E-state index in [4.69, 9.17) is 9.98 Å². The average Bonchev–Trinajstić information content (AvgIpc) is 3.27. The fraction of sp³-hybridized carbons (Fsp3) is 0.212. The Morgan fingerprint density at radius 3 is 2.28 bits per heavy atom. The van der Waals surface area contributed by atoms with Gasteiger partial charge in [-0.3, -0.25) is 4.99 Å². The molecule has 0 unspecified atom stereocenters. The molecule has 4 aliphatic rings. The lowest BCUT2D eigenvalue weighted by molar-refractivity contribution is 0.0687. The minimum absolute atomic E-state index is 0.258. The SMILES string of the molecule is C1=CC2=N[C@@]34CCCC[C@@H]3[C@H](c3ccccc3)C=C(c3ccccc3)N4C2=CC1=Nc1ccccc1. The van der Waals surface area contributed by atoms with Crippen LogP contribution in [0.15, 0.2) is 131 Å². The summed E-state index contributed by atoms with van der Waals surface area (Å²) < 4.78 is 0. The Labute approximate surface area is 212 Å². The molecule has 2 aliphatic heterocycles. The molecular formula is C33H29N3. The molecule has 2 aliphatic carbocycles. The third-order valence-electron chi connectivity index (χ3n) is 8.09. The normalized spacial score (nSPS) is 27.5. The maximum absolute atomic E-state index is 5.57. The third-order valence-corrected chi connectivity index (χ3v) is 8.09. The lowest BCUT2D eigenvalue weighted by Crippen LogP contribution is -2.54. The first-order chi connectivity index (χ1) is 17.8. The van der Waals surface area contributed by atoms with Crippen LogP contribution in [0.25, 0.3) is 5.70 Å². The van der Waals surface area contributed by atoms with E-state index >= 15 is 0 Å². The molecule has 0 amide bonds. The van der Waals surface area contributed by atoms with Crippen molar-refractivity contribution in [2.24, 2.45) is 15.9 Å². The van der Waals surface area contributed by atoms with E-state index < -0.39 is 0 Å². The number of hydrogen-bond acceptors (Lipinski definition) is 3. The number of para-hydroxylation sites is 1. The lowest BCUT2D eigenvalue weighted by Gasteiger charge is -2.53. The highest BCUT2D eigenvalue weighted by molar-refractivity contribution is 6.23. The molecule has 0 aromatic heterocycles. The molecule has 0 bridgehead atoms. The van der Waals surface area contributed by atoms with Crippen LogP contribution in [0.4, 0.5) is 5.69 Å². The summed E-state index contributed by atoms with van der Waals surface area (Å²) in [5, 5.41) is 0. The number of fused-ring (bicyclic) bond motifs is 2. The second-order valence-electron chi connectivity index (χ2n) is 10.2. The molecule has 3 aromatic carbocycles. The quantitative estimate of drug-likeness (QED) is 0.363. The molecule has 1 fully saturated rings. The summed E-state index contributed by atoms with van der Waals surface area (Å²) in [6.07, 6.45) is 13.8. The van der Waals surface area contributed by atoms with Crippen molar-refractivity contribution in [1.82, 2.24) is 4.90 Å². The van der Waals surface area contributed by atoms with Gasteiger partial charge in [0.1, 0.15) is 5.66 Å². The van der Waals surface area contributed by atoms with E-state index in [2.05, 4.69) is 102 Å². The molecule has 1 saturated carbocycles. The van der Waals surface area contributed by atoms with Crippen molar-refractivity contribution in [3.05, 3.63) is 132 Å². The molecule has 176 valence electrons. The molecule has 7 rings (SSSR count). The molecule has 2 heterocycles. The van der Waals surface area contributed by atoms with Crippen molar-refractivity contribution >= 4 is 22.8 Å². The standard InChI is InChI=1S/C33H29N3/c1-4-12-24(13-5-1)28-23-31(25-14-6-2-7-15-25)36-32-22-27(34-26-16-8-3-9-17-26)19-20-30(32)35-33(36)21-11-10-18-29(28)33/h1-9,12-17,19-20,22-23,28-29H,10-11,18,21H2/t28-,29+,33+/m0/s1. The van der Waals surface area contributed by atoms with Gasteiger partial charge in [0.2, 0.25) is 0 Å². The zero-order chi connectivity index (χ0) is 24.0. The zero-order valence-corrected chi connectivity index (χ0v) is 20.3. The molecular weight excluding hydrogens is 438 g/mol. The summed E-state index contributed by atoms with van der Waals surface area (Å²) in [4.78, 5) is 13.1. The number of rotatable bonds is 3. The Kier molecular flexibility index (Phi) is 5.09. The Hall–Kier alpha value is -3.98. The first-order valence-corrected chi connectivity index (χ1v) is 13.1. The Morgan fingerprint density at radius 2 is 1.50 bits per heavy atom. The molecule has 3 heteroatoms. The van der Waals surface area contributed by atoms with Crippen LogP contribution >= 0.6 is 0 Å². The van der Waals surface area contributed by atoms with E-state index in [1.165, 1.54) is 41.8 Å². The van der Waals surface area contributed by atoms with E-state index in [-0.39, 0.29) is 5.66 Å². The zero-order valence-electron chi connectivity index (χ0n) is 20.3. The minimum atomic E-state index is -0.258. The Balaban J connectivity index is 1.42. The number of hydrogen-bond donors (Lipinski definition) is 0. The topological polar surface area (TPSA) is 28.0 Å². The summed E-state index contributed by atoms with van der Waals surface area (Å²) in [5.74, 6) is 0.771. The van der Waals surface area contributed by atoms with Crippen LogP contribution in [0, 0.1) is 5.92 Å². The second-order valence-corrected chi connectivity index (χ2v) is 10.2. The van der Waals surface area contributed by atoms with Crippen LogP contribution in [0.5, 0.6) is 0 Å². The van der Waals surface area contributed by atoms with Gasteiger partial charge in [-0.15, -0.1) is 0 Å². The summed E-state index contributed by atoms with van der Waals surface area (Å²) >= 11 is 0. The first-order valence-electron chi connectivity index (χ1n) is 13.1. The highest BCUT2D eigenvalue weighted by atomic mass is 15.4. The van der Waals surface area contributed by atoms with Gasteiger partial charge in [-0.05, 0) is 60.8 Å². The highest BCUT2D eigenvalue weighted by Gasteiger charge is 2.56. The molecule has 3 nitrogen and oxygen atoms in total.